The van der Waals surface area contributed by atoms with Crippen molar-refractivity contribution >= 4 is 23.0 Å². The molecule has 0 spiro atoms. The van der Waals surface area contributed by atoms with Gasteiger partial charge in [-0.2, -0.15) is 0 Å². The number of nitrogens with two attached hydrogens (primary N) is 2. The highest BCUT2D eigenvalue weighted by Crippen LogP contribution is 2.35. The third-order valence-corrected chi connectivity index (χ3v) is 3.30. The van der Waals surface area contributed by atoms with E-state index in [1.807, 2.05) is 30.3 Å². The van der Waals surface area contributed by atoms with Crippen LogP contribution in [0.3, 0.4) is 0 Å². The molecule has 5 heteroatoms. The van der Waals surface area contributed by atoms with Crippen LogP contribution in [0.15, 0.2) is 36.4 Å². The van der Waals surface area contributed by atoms with Gasteiger partial charge in [0.1, 0.15) is 5.02 Å². The van der Waals surface area contributed by atoms with Crippen LogP contribution in [0.1, 0.15) is 12.0 Å². The van der Waals surface area contributed by atoms with Crippen molar-refractivity contribution in [3.05, 3.63) is 52.8 Å². The Labute approximate surface area is 122 Å². The molecule has 2 aromatic carbocycles. The summed E-state index contributed by atoms with van der Waals surface area (Å²) in [6, 6.07) is 11.4. The van der Waals surface area contributed by atoms with Crippen LogP contribution in [-0.4, -0.2) is 6.61 Å². The van der Waals surface area contributed by atoms with Gasteiger partial charge in [0, 0.05) is 0 Å². The second-order valence-electron chi connectivity index (χ2n) is 4.45. The highest BCUT2D eigenvalue weighted by molar-refractivity contribution is 6.33. The maximum Gasteiger partial charge on any atom is 0.187 e. The van der Waals surface area contributed by atoms with Gasteiger partial charge >= 0.3 is 0 Å². The number of nitrogen functional groups attached to an aromatic ring is 2. The first-order valence-corrected chi connectivity index (χ1v) is 6.67. The molecule has 0 atom stereocenters. The van der Waals surface area contributed by atoms with Crippen molar-refractivity contribution < 1.29 is 9.13 Å². The number of benzene rings is 2. The van der Waals surface area contributed by atoms with E-state index in [-0.39, 0.29) is 22.1 Å². The molecule has 0 bridgehead atoms. The predicted molar refractivity (Wildman–Crippen MR) is 80.5 cm³/mol. The minimum absolute atomic E-state index is 0.0303. The van der Waals surface area contributed by atoms with Crippen molar-refractivity contribution in [3.63, 3.8) is 0 Å². The summed E-state index contributed by atoms with van der Waals surface area (Å²) in [5, 5.41) is -0.155. The normalized spacial score (nSPS) is 10.5. The fourth-order valence-corrected chi connectivity index (χ4v) is 2.03. The van der Waals surface area contributed by atoms with Crippen LogP contribution < -0.4 is 16.2 Å². The quantitative estimate of drug-likeness (QED) is 0.653. The second-order valence-corrected chi connectivity index (χ2v) is 4.83. The molecule has 20 heavy (non-hydrogen) atoms. The molecule has 0 amide bonds. The lowest BCUT2D eigenvalue weighted by Crippen LogP contribution is -2.05. The second kappa shape index (κ2) is 6.48. The number of hydrogen-bond acceptors (Lipinski definition) is 3. The summed E-state index contributed by atoms with van der Waals surface area (Å²) in [6.45, 7) is 0.357. The third kappa shape index (κ3) is 3.33. The molecular formula is C15H16ClFN2O. The van der Waals surface area contributed by atoms with Gasteiger partial charge in [-0.05, 0) is 24.5 Å². The van der Waals surface area contributed by atoms with E-state index >= 15 is 0 Å². The molecule has 0 saturated carbocycles. The zero-order valence-corrected chi connectivity index (χ0v) is 11.7. The molecule has 2 aromatic rings. The van der Waals surface area contributed by atoms with Gasteiger partial charge in [0.15, 0.2) is 11.6 Å². The Hall–Kier alpha value is -1.94. The van der Waals surface area contributed by atoms with Gasteiger partial charge in [-0.15, -0.1) is 0 Å². The third-order valence-electron chi connectivity index (χ3n) is 2.92. The van der Waals surface area contributed by atoms with E-state index in [0.29, 0.717) is 6.61 Å². The highest BCUT2D eigenvalue weighted by Gasteiger charge is 2.15. The lowest BCUT2D eigenvalue weighted by Gasteiger charge is -2.12. The molecular weight excluding hydrogens is 279 g/mol. The molecule has 106 valence electrons. The number of ether oxygens (including phenoxy) is 1. The smallest absolute Gasteiger partial charge is 0.187 e. The summed E-state index contributed by atoms with van der Waals surface area (Å²) < 4.78 is 19.2. The minimum Gasteiger partial charge on any atom is -0.488 e. The van der Waals surface area contributed by atoms with Gasteiger partial charge in [0.25, 0.3) is 0 Å². The first-order valence-electron chi connectivity index (χ1n) is 6.29. The van der Waals surface area contributed by atoms with Crippen molar-refractivity contribution in [2.75, 3.05) is 18.1 Å². The van der Waals surface area contributed by atoms with Gasteiger partial charge in [-0.25, -0.2) is 4.39 Å². The molecule has 3 nitrogen and oxygen atoms in total. The van der Waals surface area contributed by atoms with Crippen LogP contribution in [0.2, 0.25) is 5.02 Å². The fraction of sp³-hybridized carbons (Fsp3) is 0.200. The Morgan fingerprint density at radius 1 is 1.10 bits per heavy atom. The number of rotatable bonds is 5. The summed E-state index contributed by atoms with van der Waals surface area (Å²) in [6.07, 6.45) is 1.61. The van der Waals surface area contributed by atoms with E-state index in [4.69, 9.17) is 27.8 Å². The zero-order valence-electron chi connectivity index (χ0n) is 10.9. The van der Waals surface area contributed by atoms with Gasteiger partial charge in [-0.3, -0.25) is 0 Å². The lowest BCUT2D eigenvalue weighted by atomic mass is 10.1. The molecule has 0 aliphatic heterocycles. The fourth-order valence-electron chi connectivity index (χ4n) is 1.89. The molecule has 4 N–H and O–H groups in total. The summed E-state index contributed by atoms with van der Waals surface area (Å²) >= 11 is 5.73. The number of aryl methyl sites for hydroxylation is 1. The van der Waals surface area contributed by atoms with E-state index < -0.39 is 5.82 Å². The largest absolute Gasteiger partial charge is 0.488 e. The van der Waals surface area contributed by atoms with Crippen molar-refractivity contribution in [3.8, 4) is 5.75 Å². The molecule has 0 saturated heterocycles. The van der Waals surface area contributed by atoms with Gasteiger partial charge in [-0.1, -0.05) is 41.9 Å². The van der Waals surface area contributed by atoms with Crippen LogP contribution in [0.25, 0.3) is 0 Å². The van der Waals surface area contributed by atoms with Gasteiger partial charge in [0.2, 0.25) is 0 Å². The molecule has 0 unspecified atom stereocenters. The van der Waals surface area contributed by atoms with Crippen LogP contribution >= 0.6 is 11.6 Å². The first-order chi connectivity index (χ1) is 9.59. The predicted octanol–water partition coefficient (Wildman–Crippen LogP) is 3.66. The van der Waals surface area contributed by atoms with E-state index in [2.05, 4.69) is 0 Å². The van der Waals surface area contributed by atoms with Crippen molar-refractivity contribution in [2.24, 2.45) is 0 Å². The summed E-state index contributed by atoms with van der Waals surface area (Å²) in [4.78, 5) is 0. The molecule has 0 radical (unpaired) electrons. The van der Waals surface area contributed by atoms with Gasteiger partial charge < -0.3 is 16.2 Å². The number of hydrogen-bond donors (Lipinski definition) is 2. The SMILES string of the molecule is Nc1cc(N)c(OCCCc2ccccc2)c(F)c1Cl. The molecule has 0 aliphatic carbocycles. The number of anilines is 2. The molecule has 0 heterocycles. The Morgan fingerprint density at radius 2 is 1.80 bits per heavy atom. The average molecular weight is 295 g/mol. The van der Waals surface area contributed by atoms with Crippen LogP contribution in [0.4, 0.5) is 15.8 Å². The zero-order chi connectivity index (χ0) is 14.5. The molecule has 0 aromatic heterocycles. The Balaban J connectivity index is 1.93. The van der Waals surface area contributed by atoms with E-state index in [1.165, 1.54) is 11.6 Å². The van der Waals surface area contributed by atoms with E-state index in [9.17, 15) is 4.39 Å². The van der Waals surface area contributed by atoms with Crippen molar-refractivity contribution in [2.45, 2.75) is 12.8 Å². The van der Waals surface area contributed by atoms with Crippen molar-refractivity contribution in [1.29, 1.82) is 0 Å². The summed E-state index contributed by atoms with van der Waals surface area (Å²) in [7, 11) is 0. The lowest BCUT2D eigenvalue weighted by molar-refractivity contribution is 0.297. The summed E-state index contributed by atoms with van der Waals surface area (Å²) in [5.74, 6) is -0.735. The van der Waals surface area contributed by atoms with Crippen LogP contribution in [0.5, 0.6) is 5.75 Å². The highest BCUT2D eigenvalue weighted by atomic mass is 35.5. The minimum atomic E-state index is -0.705. The number of halogens is 2. The van der Waals surface area contributed by atoms with Crippen LogP contribution in [0, 0.1) is 5.82 Å². The first kappa shape index (κ1) is 14.5. The monoisotopic (exact) mass is 294 g/mol. The molecule has 2 rings (SSSR count). The Bertz CT molecular complexity index is 590. The maximum absolute atomic E-state index is 13.9. The molecule has 0 fully saturated rings. The molecule has 0 aliphatic rings. The average Bonchev–Trinajstić information content (AvgIpc) is 2.45. The van der Waals surface area contributed by atoms with E-state index in [1.54, 1.807) is 0 Å². The standard InChI is InChI=1S/C15H16ClFN2O/c16-13-11(18)9-12(19)15(14(13)17)20-8-4-7-10-5-2-1-3-6-10/h1-3,5-6,9H,4,7-8,18-19H2. The maximum atomic E-state index is 13.9. The van der Waals surface area contributed by atoms with Crippen molar-refractivity contribution in [1.82, 2.24) is 0 Å². The Kier molecular flexibility index (Phi) is 4.69. The van der Waals surface area contributed by atoms with Gasteiger partial charge in [0.05, 0.1) is 18.0 Å². The Morgan fingerprint density at radius 3 is 2.50 bits per heavy atom. The topological polar surface area (TPSA) is 61.3 Å². The van der Waals surface area contributed by atoms with Crippen LogP contribution in [-0.2, 0) is 6.42 Å². The summed E-state index contributed by atoms with van der Waals surface area (Å²) in [5.41, 5.74) is 12.7. The van der Waals surface area contributed by atoms with E-state index in [0.717, 1.165) is 12.8 Å².